The van der Waals surface area contributed by atoms with Gasteiger partial charge in [-0.3, -0.25) is 0 Å². The summed E-state index contributed by atoms with van der Waals surface area (Å²) >= 11 is 0. The molecule has 0 aliphatic rings. The van der Waals surface area contributed by atoms with Crippen molar-refractivity contribution in [2.24, 2.45) is 0 Å². The van der Waals surface area contributed by atoms with E-state index in [0.717, 1.165) is 11.3 Å². The van der Waals surface area contributed by atoms with Crippen LogP contribution in [0, 0.1) is 22.7 Å². The first-order chi connectivity index (χ1) is 11.3. The van der Waals surface area contributed by atoms with E-state index in [4.69, 9.17) is 15.3 Å². The fourth-order valence-corrected chi connectivity index (χ4v) is 2.47. The van der Waals surface area contributed by atoms with Crippen LogP contribution in [-0.4, -0.2) is 28.3 Å². The van der Waals surface area contributed by atoms with Gasteiger partial charge in [0, 0.05) is 13.7 Å². The van der Waals surface area contributed by atoms with Gasteiger partial charge in [0.05, 0.1) is 12.3 Å². The lowest BCUT2D eigenvalue weighted by molar-refractivity contribution is 0.188. The molecule has 3 rings (SSSR count). The molecule has 6 heteroatoms. The second kappa shape index (κ2) is 6.27. The zero-order valence-corrected chi connectivity index (χ0v) is 12.5. The Balaban J connectivity index is 2.28. The van der Waals surface area contributed by atoms with Crippen LogP contribution in [0.5, 0.6) is 0 Å². The molecular formula is C17H13N5O. The monoisotopic (exact) mass is 303 g/mol. The number of nitrogens with zero attached hydrogens (tertiary/aromatic N) is 5. The van der Waals surface area contributed by atoms with E-state index in [1.54, 1.807) is 7.11 Å². The zero-order chi connectivity index (χ0) is 16.2. The normalized spacial score (nSPS) is 10.4. The molecule has 2 heterocycles. The molecule has 0 N–H and O–H groups in total. The highest BCUT2D eigenvalue weighted by atomic mass is 16.5. The van der Waals surface area contributed by atoms with Crippen LogP contribution in [-0.2, 0) is 11.3 Å². The predicted octanol–water partition coefficient (Wildman–Crippen LogP) is 2.49. The molecule has 0 atom stereocenters. The first-order valence-electron chi connectivity index (χ1n) is 7.04. The van der Waals surface area contributed by atoms with Crippen LogP contribution in [0.1, 0.15) is 11.4 Å². The molecule has 1 aromatic carbocycles. The van der Waals surface area contributed by atoms with Crippen molar-refractivity contribution in [3.8, 4) is 23.4 Å². The summed E-state index contributed by atoms with van der Waals surface area (Å²) in [5, 5.41) is 18.3. The molecule has 6 nitrogen and oxygen atoms in total. The number of methoxy groups -OCH3 is 1. The number of aromatic nitrogens is 3. The highest BCUT2D eigenvalue weighted by molar-refractivity contribution is 5.82. The van der Waals surface area contributed by atoms with Gasteiger partial charge >= 0.3 is 0 Å². The van der Waals surface area contributed by atoms with Crippen molar-refractivity contribution >= 4 is 11.2 Å². The minimum Gasteiger partial charge on any atom is -0.383 e. The molecule has 0 unspecified atom stereocenters. The third kappa shape index (κ3) is 2.64. The van der Waals surface area contributed by atoms with Gasteiger partial charge in [-0.15, -0.1) is 0 Å². The van der Waals surface area contributed by atoms with Crippen LogP contribution in [0.2, 0.25) is 0 Å². The van der Waals surface area contributed by atoms with Crippen molar-refractivity contribution in [2.45, 2.75) is 6.54 Å². The summed E-state index contributed by atoms with van der Waals surface area (Å²) in [6, 6.07) is 15.6. The average molecular weight is 303 g/mol. The van der Waals surface area contributed by atoms with Crippen molar-refractivity contribution in [3.05, 3.63) is 47.8 Å². The van der Waals surface area contributed by atoms with Gasteiger partial charge in [-0.25, -0.2) is 9.97 Å². The third-order valence-corrected chi connectivity index (χ3v) is 3.52. The van der Waals surface area contributed by atoms with E-state index in [1.165, 1.54) is 0 Å². The molecule has 0 radical (unpaired) electrons. The maximum atomic E-state index is 9.16. The van der Waals surface area contributed by atoms with Gasteiger partial charge in [0.25, 0.3) is 0 Å². The lowest BCUT2D eigenvalue weighted by atomic mass is 10.1. The van der Waals surface area contributed by atoms with E-state index in [1.807, 2.05) is 53.1 Å². The summed E-state index contributed by atoms with van der Waals surface area (Å²) in [4.78, 5) is 8.60. The second-order valence-corrected chi connectivity index (χ2v) is 4.89. The molecular weight excluding hydrogens is 290 g/mol. The lowest BCUT2D eigenvalue weighted by Gasteiger charge is -2.09. The molecule has 3 aromatic rings. The first kappa shape index (κ1) is 14.7. The third-order valence-electron chi connectivity index (χ3n) is 3.52. The Morgan fingerprint density at radius 1 is 1.09 bits per heavy atom. The Bertz CT molecular complexity index is 932. The number of ether oxygens (including phenoxy) is 1. The lowest BCUT2D eigenvalue weighted by Crippen LogP contribution is -2.07. The number of benzene rings is 1. The van der Waals surface area contributed by atoms with E-state index in [2.05, 4.69) is 9.97 Å². The molecule has 112 valence electrons. The van der Waals surface area contributed by atoms with Crippen LogP contribution < -0.4 is 0 Å². The van der Waals surface area contributed by atoms with Gasteiger partial charge in [0.2, 0.25) is 0 Å². The fraction of sp³-hybridized carbons (Fsp3) is 0.176. The average Bonchev–Trinajstić information content (AvgIpc) is 2.96. The van der Waals surface area contributed by atoms with Crippen LogP contribution >= 0.6 is 0 Å². The van der Waals surface area contributed by atoms with E-state index in [0.29, 0.717) is 24.3 Å². The van der Waals surface area contributed by atoms with Gasteiger partial charge < -0.3 is 9.30 Å². The largest absolute Gasteiger partial charge is 0.383 e. The van der Waals surface area contributed by atoms with Crippen molar-refractivity contribution < 1.29 is 4.74 Å². The minimum atomic E-state index is 0.0383. The standard InChI is InChI=1S/C17H13N5O/c1-23-8-7-22-16(12-5-3-2-4-6-12)9-13-17(22)21-15(11-19)14(10-18)20-13/h2-6,9H,7-8H2,1H3. The number of nitriles is 2. The minimum absolute atomic E-state index is 0.0383. The SMILES string of the molecule is COCCn1c(-c2ccccc2)cc2nc(C#N)c(C#N)nc21. The zero-order valence-electron chi connectivity index (χ0n) is 12.5. The van der Waals surface area contributed by atoms with E-state index in [-0.39, 0.29) is 11.4 Å². The Morgan fingerprint density at radius 3 is 2.43 bits per heavy atom. The highest BCUT2D eigenvalue weighted by Gasteiger charge is 2.16. The molecule has 0 saturated heterocycles. The molecule has 0 fully saturated rings. The summed E-state index contributed by atoms with van der Waals surface area (Å²) in [6.07, 6.45) is 0. The number of hydrogen-bond donors (Lipinski definition) is 0. The Morgan fingerprint density at radius 2 is 1.78 bits per heavy atom. The summed E-state index contributed by atoms with van der Waals surface area (Å²) in [5.74, 6) is 0. The van der Waals surface area contributed by atoms with Crippen molar-refractivity contribution in [2.75, 3.05) is 13.7 Å². The van der Waals surface area contributed by atoms with Crippen molar-refractivity contribution in [1.29, 1.82) is 10.5 Å². The summed E-state index contributed by atoms with van der Waals surface area (Å²) < 4.78 is 7.13. The maximum absolute atomic E-state index is 9.16. The van der Waals surface area contributed by atoms with Crippen LogP contribution in [0.25, 0.3) is 22.4 Å². The maximum Gasteiger partial charge on any atom is 0.179 e. The van der Waals surface area contributed by atoms with Gasteiger partial charge in [-0.2, -0.15) is 10.5 Å². The van der Waals surface area contributed by atoms with Crippen molar-refractivity contribution in [1.82, 2.24) is 14.5 Å². The van der Waals surface area contributed by atoms with Gasteiger partial charge in [0.1, 0.15) is 17.7 Å². The van der Waals surface area contributed by atoms with E-state index in [9.17, 15) is 0 Å². The molecule has 0 saturated carbocycles. The molecule has 2 aromatic heterocycles. The molecule has 0 bridgehead atoms. The Hall–Kier alpha value is -3.22. The van der Waals surface area contributed by atoms with Gasteiger partial charge in [-0.05, 0) is 11.6 Å². The molecule has 0 aliphatic carbocycles. The molecule has 23 heavy (non-hydrogen) atoms. The van der Waals surface area contributed by atoms with Crippen LogP contribution in [0.4, 0.5) is 0 Å². The van der Waals surface area contributed by atoms with Crippen molar-refractivity contribution in [3.63, 3.8) is 0 Å². The van der Waals surface area contributed by atoms with E-state index < -0.39 is 0 Å². The molecule has 0 aliphatic heterocycles. The Kier molecular flexibility index (Phi) is 4.01. The number of hydrogen-bond acceptors (Lipinski definition) is 5. The number of fused-ring (bicyclic) bond motifs is 1. The number of rotatable bonds is 4. The Labute approximate surface area is 133 Å². The quantitative estimate of drug-likeness (QED) is 0.739. The van der Waals surface area contributed by atoms with Crippen LogP contribution in [0.15, 0.2) is 36.4 Å². The smallest absolute Gasteiger partial charge is 0.179 e. The van der Waals surface area contributed by atoms with Gasteiger partial charge in [-0.1, -0.05) is 30.3 Å². The summed E-state index contributed by atoms with van der Waals surface area (Å²) in [5.41, 5.74) is 3.20. The topological polar surface area (TPSA) is 87.5 Å². The summed E-state index contributed by atoms with van der Waals surface area (Å²) in [7, 11) is 1.63. The highest BCUT2D eigenvalue weighted by Crippen LogP contribution is 2.27. The molecule has 0 amide bonds. The predicted molar refractivity (Wildman–Crippen MR) is 84.3 cm³/mol. The fourth-order valence-electron chi connectivity index (χ4n) is 2.47. The summed E-state index contributed by atoms with van der Waals surface area (Å²) in [6.45, 7) is 1.09. The first-order valence-corrected chi connectivity index (χ1v) is 7.04. The van der Waals surface area contributed by atoms with Gasteiger partial charge in [0.15, 0.2) is 17.0 Å². The second-order valence-electron chi connectivity index (χ2n) is 4.89. The molecule has 0 spiro atoms. The van der Waals surface area contributed by atoms with Crippen LogP contribution in [0.3, 0.4) is 0 Å². The van der Waals surface area contributed by atoms with E-state index >= 15 is 0 Å².